The molecular weight excluding hydrogens is 257 g/mol. The second kappa shape index (κ2) is 5.00. The highest BCUT2D eigenvalue weighted by Gasteiger charge is 1.90. The minimum atomic E-state index is 0. The van der Waals surface area contributed by atoms with E-state index in [-0.39, 0.29) is 29.9 Å². The van der Waals surface area contributed by atoms with Crippen molar-refractivity contribution in [2.45, 2.75) is 6.54 Å². The first-order valence-electron chi connectivity index (χ1n) is 2.87. The number of hydrogen-bond acceptors (Lipinski definition) is 2. The second-order valence-electron chi connectivity index (χ2n) is 1.82. The Kier molecular flexibility index (Phi) is 4.67. The van der Waals surface area contributed by atoms with Gasteiger partial charge in [-0.05, 0) is 12.1 Å². The molecule has 0 amide bonds. The van der Waals surface area contributed by atoms with Crippen molar-refractivity contribution in [3.05, 3.63) is 24.2 Å². The maximum Gasteiger partial charge on any atom is 0.186 e. The van der Waals surface area contributed by atoms with Crippen LogP contribution in [-0.4, -0.2) is 5.96 Å². The number of furan rings is 1. The molecule has 1 rings (SSSR count). The first-order valence-corrected chi connectivity index (χ1v) is 2.87. The van der Waals surface area contributed by atoms with Gasteiger partial charge in [-0.2, -0.15) is 0 Å². The van der Waals surface area contributed by atoms with Crippen molar-refractivity contribution >= 4 is 29.9 Å². The topological polar surface area (TPSA) is 77.5 Å². The fourth-order valence-electron chi connectivity index (χ4n) is 0.572. The molecule has 0 atom stereocenters. The van der Waals surface area contributed by atoms with Crippen LogP contribution in [0.3, 0.4) is 0 Å². The summed E-state index contributed by atoms with van der Waals surface area (Å²) in [5.41, 5.74) is 10.2. The summed E-state index contributed by atoms with van der Waals surface area (Å²) >= 11 is 0. The van der Waals surface area contributed by atoms with Gasteiger partial charge < -0.3 is 15.9 Å². The molecule has 0 spiro atoms. The monoisotopic (exact) mass is 267 g/mol. The fraction of sp³-hybridized carbons (Fsp3) is 0.167. The Balaban J connectivity index is 0.000001000. The van der Waals surface area contributed by atoms with Crippen LogP contribution in [0.4, 0.5) is 0 Å². The van der Waals surface area contributed by atoms with Crippen LogP contribution in [0.15, 0.2) is 27.8 Å². The van der Waals surface area contributed by atoms with E-state index in [1.54, 1.807) is 12.3 Å². The summed E-state index contributed by atoms with van der Waals surface area (Å²) in [6.45, 7) is 0.412. The number of halogens is 1. The molecule has 0 aliphatic heterocycles. The molecule has 1 aromatic heterocycles. The third kappa shape index (κ3) is 3.87. The Morgan fingerprint density at radius 1 is 1.55 bits per heavy atom. The molecule has 0 aromatic carbocycles. The van der Waals surface area contributed by atoms with Crippen molar-refractivity contribution in [3.63, 3.8) is 0 Å². The summed E-state index contributed by atoms with van der Waals surface area (Å²) < 4.78 is 4.97. The lowest BCUT2D eigenvalue weighted by Gasteiger charge is -1.89. The summed E-state index contributed by atoms with van der Waals surface area (Å²) in [6, 6.07) is 3.60. The molecule has 0 fully saturated rings. The van der Waals surface area contributed by atoms with E-state index in [4.69, 9.17) is 15.9 Å². The Labute approximate surface area is 81.7 Å². The zero-order valence-electron chi connectivity index (χ0n) is 5.86. The van der Waals surface area contributed by atoms with E-state index in [0.717, 1.165) is 5.76 Å². The van der Waals surface area contributed by atoms with Gasteiger partial charge in [0.25, 0.3) is 0 Å². The molecule has 4 N–H and O–H groups in total. The third-order valence-corrected chi connectivity index (χ3v) is 0.998. The molecule has 0 radical (unpaired) electrons. The first-order chi connectivity index (χ1) is 4.79. The Bertz CT molecular complexity index is 216. The van der Waals surface area contributed by atoms with Crippen molar-refractivity contribution < 1.29 is 4.42 Å². The minimum absolute atomic E-state index is 0. The molecular formula is C6H10IN3O. The van der Waals surface area contributed by atoms with Crippen LogP contribution in [0, 0.1) is 0 Å². The quantitative estimate of drug-likeness (QED) is 0.469. The smallest absolute Gasteiger partial charge is 0.186 e. The molecule has 0 bridgehead atoms. The van der Waals surface area contributed by atoms with Gasteiger partial charge in [0.1, 0.15) is 12.3 Å². The summed E-state index contributed by atoms with van der Waals surface area (Å²) in [7, 11) is 0. The van der Waals surface area contributed by atoms with E-state index >= 15 is 0 Å². The normalized spacial score (nSPS) is 8.36. The molecule has 0 aliphatic carbocycles. The third-order valence-electron chi connectivity index (χ3n) is 0.998. The van der Waals surface area contributed by atoms with Crippen molar-refractivity contribution in [3.8, 4) is 0 Å². The van der Waals surface area contributed by atoms with Gasteiger partial charge in [0.05, 0.1) is 6.26 Å². The van der Waals surface area contributed by atoms with Crippen LogP contribution in [-0.2, 0) is 6.54 Å². The largest absolute Gasteiger partial charge is 0.467 e. The molecule has 11 heavy (non-hydrogen) atoms. The van der Waals surface area contributed by atoms with Gasteiger partial charge in [0, 0.05) is 0 Å². The summed E-state index contributed by atoms with van der Waals surface area (Å²) in [5, 5.41) is 0. The van der Waals surface area contributed by atoms with Crippen LogP contribution in [0.2, 0.25) is 0 Å². The summed E-state index contributed by atoms with van der Waals surface area (Å²) in [5.74, 6) is 0.838. The standard InChI is InChI=1S/C6H9N3O.HI/c7-6(8)9-4-5-2-1-3-10-5;/h1-3H,4H2,(H4,7,8,9);1H. The number of nitrogens with zero attached hydrogens (tertiary/aromatic N) is 1. The molecule has 1 aromatic rings. The number of guanidine groups is 1. The van der Waals surface area contributed by atoms with Gasteiger partial charge in [0.15, 0.2) is 5.96 Å². The molecule has 1 heterocycles. The molecule has 0 aliphatic rings. The van der Waals surface area contributed by atoms with E-state index in [9.17, 15) is 0 Å². The molecule has 4 nitrogen and oxygen atoms in total. The van der Waals surface area contributed by atoms with Crippen molar-refractivity contribution in [1.82, 2.24) is 0 Å². The SMILES string of the molecule is I.NC(N)=NCc1ccco1. The Morgan fingerprint density at radius 3 is 2.73 bits per heavy atom. The number of hydrogen-bond donors (Lipinski definition) is 2. The highest BCUT2D eigenvalue weighted by molar-refractivity contribution is 14.0. The highest BCUT2D eigenvalue weighted by atomic mass is 127. The summed E-state index contributed by atoms with van der Waals surface area (Å²) in [4.78, 5) is 3.75. The zero-order valence-corrected chi connectivity index (χ0v) is 8.19. The molecule has 0 saturated carbocycles. The molecule has 0 saturated heterocycles. The van der Waals surface area contributed by atoms with Crippen LogP contribution >= 0.6 is 24.0 Å². The van der Waals surface area contributed by atoms with Crippen LogP contribution in [0.25, 0.3) is 0 Å². The average molecular weight is 267 g/mol. The maximum atomic E-state index is 5.10. The van der Waals surface area contributed by atoms with Gasteiger partial charge in [0.2, 0.25) is 0 Å². The van der Waals surface area contributed by atoms with E-state index in [1.165, 1.54) is 0 Å². The van der Waals surface area contributed by atoms with Gasteiger partial charge in [-0.25, -0.2) is 4.99 Å². The first kappa shape index (κ1) is 10.3. The van der Waals surface area contributed by atoms with Crippen LogP contribution < -0.4 is 11.5 Å². The minimum Gasteiger partial charge on any atom is -0.467 e. The van der Waals surface area contributed by atoms with E-state index in [2.05, 4.69) is 4.99 Å². The zero-order chi connectivity index (χ0) is 7.40. The van der Waals surface area contributed by atoms with Crippen molar-refractivity contribution in [1.29, 1.82) is 0 Å². The van der Waals surface area contributed by atoms with Gasteiger partial charge in [-0.15, -0.1) is 24.0 Å². The Hall–Kier alpha value is -0.720. The van der Waals surface area contributed by atoms with Gasteiger partial charge >= 0.3 is 0 Å². The van der Waals surface area contributed by atoms with Crippen molar-refractivity contribution in [2.24, 2.45) is 16.5 Å². The van der Waals surface area contributed by atoms with E-state index < -0.39 is 0 Å². The summed E-state index contributed by atoms with van der Waals surface area (Å²) in [6.07, 6.45) is 1.58. The fourth-order valence-corrected chi connectivity index (χ4v) is 0.572. The molecule has 0 unspecified atom stereocenters. The highest BCUT2D eigenvalue weighted by Crippen LogP contribution is 2.00. The number of nitrogens with two attached hydrogens (primary N) is 2. The number of aliphatic imine (C=N–C) groups is 1. The lowest BCUT2D eigenvalue weighted by atomic mass is 10.5. The van der Waals surface area contributed by atoms with Gasteiger partial charge in [-0.3, -0.25) is 0 Å². The van der Waals surface area contributed by atoms with Crippen LogP contribution in [0.5, 0.6) is 0 Å². The number of rotatable bonds is 2. The Morgan fingerprint density at radius 2 is 2.27 bits per heavy atom. The van der Waals surface area contributed by atoms with Crippen LogP contribution in [0.1, 0.15) is 5.76 Å². The van der Waals surface area contributed by atoms with Crippen molar-refractivity contribution in [2.75, 3.05) is 0 Å². The lowest BCUT2D eigenvalue weighted by molar-refractivity contribution is 0.512. The van der Waals surface area contributed by atoms with E-state index in [1.807, 2.05) is 6.07 Å². The van der Waals surface area contributed by atoms with Gasteiger partial charge in [-0.1, -0.05) is 0 Å². The average Bonchev–Trinajstić information content (AvgIpc) is 2.34. The predicted molar refractivity (Wildman–Crippen MR) is 53.6 cm³/mol. The maximum absolute atomic E-state index is 5.10. The second-order valence-corrected chi connectivity index (χ2v) is 1.82. The molecule has 5 heteroatoms. The lowest BCUT2D eigenvalue weighted by Crippen LogP contribution is -2.22. The molecule has 62 valence electrons. The van der Waals surface area contributed by atoms with E-state index in [0.29, 0.717) is 6.54 Å². The predicted octanol–water partition coefficient (Wildman–Crippen LogP) is 0.671.